The first kappa shape index (κ1) is 14.3. The van der Waals surface area contributed by atoms with Crippen LogP contribution >= 0.6 is 10.6 Å². The Kier molecular flexibility index (Phi) is 3.70. The second-order valence-corrected chi connectivity index (χ2v) is 8.06. The molecular weight excluding hydrogens is 294 g/mol. The lowest BCUT2D eigenvalue weighted by molar-refractivity contribution is 0.240. The number of fused-ring (bicyclic) bond motifs is 3. The van der Waals surface area contributed by atoms with E-state index in [1.165, 1.54) is 12.8 Å². The van der Waals surface area contributed by atoms with Gasteiger partial charge in [0.25, 0.3) is 0 Å². The summed E-state index contributed by atoms with van der Waals surface area (Å²) in [5, 5.41) is 0. The Hall–Kier alpha value is -1.33. The summed E-state index contributed by atoms with van der Waals surface area (Å²) in [6, 6.07) is 16.1. The Balaban J connectivity index is 1.61. The topological polar surface area (TPSA) is 32.7 Å². The standard InChI is InChI=1S/C18H21NO2S/c20-22(21-14-13-19-11-5-6-12-19)17-9-3-1-7-15(17)16-8-2-4-10-18(16)22/h1-4,7-10,20H,5-6,11-14H2. The molecule has 4 heteroatoms. The van der Waals surface area contributed by atoms with Gasteiger partial charge in [0.1, 0.15) is 0 Å². The van der Waals surface area contributed by atoms with Gasteiger partial charge in [-0.15, -0.1) is 10.6 Å². The van der Waals surface area contributed by atoms with Gasteiger partial charge in [0.2, 0.25) is 0 Å². The molecule has 1 N–H and O–H groups in total. The largest absolute Gasteiger partial charge is 0.301 e. The highest BCUT2D eigenvalue weighted by molar-refractivity contribution is 8.25. The minimum absolute atomic E-state index is 0.578. The fraction of sp³-hybridized carbons (Fsp3) is 0.333. The summed E-state index contributed by atoms with van der Waals surface area (Å²) in [4.78, 5) is 4.30. The molecule has 22 heavy (non-hydrogen) atoms. The zero-order chi connectivity index (χ0) is 15.0. The number of rotatable bonds is 4. The van der Waals surface area contributed by atoms with Gasteiger partial charge in [-0.1, -0.05) is 36.4 Å². The predicted octanol–water partition coefficient (Wildman–Crippen LogP) is 4.39. The van der Waals surface area contributed by atoms with Crippen molar-refractivity contribution in [1.82, 2.24) is 4.90 Å². The first-order chi connectivity index (χ1) is 10.8. The molecule has 0 saturated carbocycles. The van der Waals surface area contributed by atoms with Crippen LogP contribution in [0.4, 0.5) is 0 Å². The van der Waals surface area contributed by atoms with Crippen molar-refractivity contribution in [3.8, 4) is 11.1 Å². The van der Waals surface area contributed by atoms with Crippen LogP contribution in [0.5, 0.6) is 0 Å². The van der Waals surface area contributed by atoms with E-state index < -0.39 is 10.6 Å². The molecule has 0 atom stereocenters. The third-order valence-electron chi connectivity index (χ3n) is 4.52. The van der Waals surface area contributed by atoms with Crippen molar-refractivity contribution in [3.63, 3.8) is 0 Å². The van der Waals surface area contributed by atoms with Crippen LogP contribution in [0.3, 0.4) is 0 Å². The van der Waals surface area contributed by atoms with Crippen LogP contribution in [0.15, 0.2) is 58.3 Å². The van der Waals surface area contributed by atoms with Crippen molar-refractivity contribution in [2.45, 2.75) is 22.6 Å². The summed E-state index contributed by atoms with van der Waals surface area (Å²) in [5.74, 6) is 0. The molecule has 3 nitrogen and oxygen atoms in total. The monoisotopic (exact) mass is 315 g/mol. The second-order valence-electron chi connectivity index (χ2n) is 5.89. The highest BCUT2D eigenvalue weighted by Crippen LogP contribution is 2.69. The third-order valence-corrected chi connectivity index (χ3v) is 6.93. The van der Waals surface area contributed by atoms with E-state index in [2.05, 4.69) is 17.0 Å². The first-order valence-electron chi connectivity index (χ1n) is 7.90. The molecule has 2 aromatic rings. The van der Waals surface area contributed by atoms with E-state index in [9.17, 15) is 4.55 Å². The van der Waals surface area contributed by atoms with Gasteiger partial charge in [-0.2, -0.15) is 0 Å². The molecular formula is C18H21NO2S. The van der Waals surface area contributed by atoms with Crippen LogP contribution in [0.25, 0.3) is 11.1 Å². The SMILES string of the molecule is OS1(OCCN2CCCC2)c2ccccc2-c2ccccc21. The zero-order valence-electron chi connectivity index (χ0n) is 12.6. The first-order valence-corrected chi connectivity index (χ1v) is 9.41. The van der Waals surface area contributed by atoms with Gasteiger partial charge < -0.3 is 4.90 Å². The summed E-state index contributed by atoms with van der Waals surface area (Å²) in [6.07, 6.45) is 2.56. The molecule has 0 unspecified atom stereocenters. The summed E-state index contributed by atoms with van der Waals surface area (Å²) in [6.45, 7) is 3.79. The minimum atomic E-state index is -2.34. The van der Waals surface area contributed by atoms with Gasteiger partial charge in [0.05, 0.1) is 16.4 Å². The van der Waals surface area contributed by atoms with E-state index in [1.54, 1.807) is 0 Å². The molecule has 0 radical (unpaired) electrons. The number of hydrogen-bond acceptors (Lipinski definition) is 3. The minimum Gasteiger partial charge on any atom is -0.301 e. The molecule has 1 saturated heterocycles. The maximum Gasteiger partial charge on any atom is 0.0850 e. The highest BCUT2D eigenvalue weighted by Gasteiger charge is 2.35. The van der Waals surface area contributed by atoms with Crippen LogP contribution in [0, 0.1) is 0 Å². The average Bonchev–Trinajstić information content (AvgIpc) is 3.15. The fourth-order valence-corrected chi connectivity index (χ4v) is 5.68. The van der Waals surface area contributed by atoms with Crippen molar-refractivity contribution in [2.75, 3.05) is 26.2 Å². The molecule has 4 rings (SSSR count). The smallest absolute Gasteiger partial charge is 0.0850 e. The van der Waals surface area contributed by atoms with Crippen LogP contribution in [-0.2, 0) is 4.18 Å². The van der Waals surface area contributed by atoms with Gasteiger partial charge in [0, 0.05) is 17.7 Å². The molecule has 2 aromatic carbocycles. The van der Waals surface area contributed by atoms with E-state index in [0.717, 1.165) is 40.6 Å². The van der Waals surface area contributed by atoms with Crippen molar-refractivity contribution in [3.05, 3.63) is 48.5 Å². The lowest BCUT2D eigenvalue weighted by Crippen LogP contribution is -2.24. The molecule has 2 aliphatic rings. The molecule has 0 bridgehead atoms. The quantitative estimate of drug-likeness (QED) is 0.908. The van der Waals surface area contributed by atoms with Gasteiger partial charge in [0.15, 0.2) is 0 Å². The highest BCUT2D eigenvalue weighted by atomic mass is 32.3. The van der Waals surface area contributed by atoms with Crippen molar-refractivity contribution < 1.29 is 8.74 Å². The van der Waals surface area contributed by atoms with Gasteiger partial charge in [-0.3, -0.25) is 8.74 Å². The van der Waals surface area contributed by atoms with Gasteiger partial charge in [-0.25, -0.2) is 0 Å². The molecule has 0 aromatic heterocycles. The lowest BCUT2D eigenvalue weighted by atomic mass is 10.1. The van der Waals surface area contributed by atoms with E-state index in [0.29, 0.717) is 6.61 Å². The molecule has 2 aliphatic heterocycles. The summed E-state index contributed by atoms with van der Waals surface area (Å²) in [7, 11) is -2.34. The van der Waals surface area contributed by atoms with E-state index in [4.69, 9.17) is 4.18 Å². The Bertz CT molecular complexity index is 637. The lowest BCUT2D eigenvalue weighted by Gasteiger charge is -2.36. The van der Waals surface area contributed by atoms with Crippen LogP contribution < -0.4 is 0 Å². The average molecular weight is 315 g/mol. The molecule has 2 heterocycles. The summed E-state index contributed by atoms with van der Waals surface area (Å²) in [5.41, 5.74) is 2.22. The van der Waals surface area contributed by atoms with Crippen LogP contribution in [-0.4, -0.2) is 35.7 Å². The molecule has 0 spiro atoms. The van der Waals surface area contributed by atoms with Gasteiger partial charge >= 0.3 is 0 Å². The Morgan fingerprint density at radius 1 is 0.909 bits per heavy atom. The fourth-order valence-electron chi connectivity index (χ4n) is 3.40. The number of nitrogens with zero attached hydrogens (tertiary/aromatic N) is 1. The van der Waals surface area contributed by atoms with E-state index >= 15 is 0 Å². The molecule has 1 fully saturated rings. The Labute approximate surface area is 133 Å². The summed E-state index contributed by atoms with van der Waals surface area (Å²) >= 11 is 0. The van der Waals surface area contributed by atoms with E-state index in [-0.39, 0.29) is 0 Å². The van der Waals surface area contributed by atoms with Crippen LogP contribution in [0.2, 0.25) is 0 Å². The molecule has 0 aliphatic carbocycles. The number of likely N-dealkylation sites (tertiary alicyclic amines) is 1. The van der Waals surface area contributed by atoms with Gasteiger partial charge in [-0.05, 0) is 38.1 Å². The number of hydrogen-bond donors (Lipinski definition) is 1. The number of benzene rings is 2. The molecule has 116 valence electrons. The molecule has 0 amide bonds. The maximum atomic E-state index is 11.3. The Morgan fingerprint density at radius 2 is 1.45 bits per heavy atom. The van der Waals surface area contributed by atoms with Crippen molar-refractivity contribution in [2.24, 2.45) is 0 Å². The predicted molar refractivity (Wildman–Crippen MR) is 90.3 cm³/mol. The van der Waals surface area contributed by atoms with Crippen LogP contribution in [0.1, 0.15) is 12.8 Å². The zero-order valence-corrected chi connectivity index (χ0v) is 13.4. The van der Waals surface area contributed by atoms with Crippen molar-refractivity contribution in [1.29, 1.82) is 0 Å². The third kappa shape index (κ3) is 2.27. The maximum absolute atomic E-state index is 11.3. The Morgan fingerprint density at radius 3 is 2.05 bits per heavy atom. The summed E-state index contributed by atoms with van der Waals surface area (Å²) < 4.78 is 17.4. The normalized spacial score (nSPS) is 20.6. The second kappa shape index (κ2) is 5.70. The van der Waals surface area contributed by atoms with E-state index in [1.807, 2.05) is 36.4 Å². The van der Waals surface area contributed by atoms with Crippen molar-refractivity contribution >= 4 is 10.6 Å².